The molecule has 0 amide bonds. The molecular formula is C24H21P. The highest BCUT2D eigenvalue weighted by molar-refractivity contribution is 7.95. The third-order valence-corrected chi connectivity index (χ3v) is 8.98. The number of benzene rings is 3. The highest BCUT2D eigenvalue weighted by atomic mass is 31.2. The zero-order chi connectivity index (χ0) is 17.1. The third kappa shape index (κ3) is 2.73. The first-order valence-electron chi connectivity index (χ1n) is 8.61. The first-order valence-corrected chi connectivity index (χ1v) is 10.4. The molecule has 0 bridgehead atoms. The predicted octanol–water partition coefficient (Wildman–Crippen LogP) is 4.67. The van der Waals surface area contributed by atoms with Gasteiger partial charge < -0.3 is 0 Å². The molecule has 0 nitrogen and oxygen atoms in total. The Morgan fingerprint density at radius 2 is 0.920 bits per heavy atom. The van der Waals surface area contributed by atoms with Crippen molar-refractivity contribution in [2.24, 2.45) is 0 Å². The molecule has 122 valence electrons. The molecule has 0 aromatic heterocycles. The Hall–Kier alpha value is -2.56. The maximum Gasteiger partial charge on any atom is -0.0152 e. The summed E-state index contributed by atoms with van der Waals surface area (Å²) in [6.07, 6.45) is 6.91. The van der Waals surface area contributed by atoms with Crippen LogP contribution in [-0.4, -0.2) is 5.29 Å². The van der Waals surface area contributed by atoms with Crippen LogP contribution >= 0.6 is 6.89 Å². The lowest BCUT2D eigenvalue weighted by atomic mass is 10.3. The summed E-state index contributed by atoms with van der Waals surface area (Å²) in [7, 11) is 0. The summed E-state index contributed by atoms with van der Waals surface area (Å²) in [6.45, 7) is 0.295. The van der Waals surface area contributed by atoms with Crippen molar-refractivity contribution in [3.8, 4) is 0 Å². The summed E-state index contributed by atoms with van der Waals surface area (Å²) in [5.41, 5.74) is 1.32. The van der Waals surface area contributed by atoms with E-state index in [0.29, 0.717) is 0 Å². The Bertz CT molecular complexity index is 875. The van der Waals surface area contributed by atoms with E-state index in [4.69, 9.17) is 0 Å². The van der Waals surface area contributed by atoms with Crippen molar-refractivity contribution >= 4 is 28.1 Å². The van der Waals surface area contributed by atoms with E-state index in [1.165, 1.54) is 26.8 Å². The molecule has 0 aliphatic heterocycles. The Kier molecular flexibility index (Phi) is 4.30. The second kappa shape index (κ2) is 6.75. The van der Waals surface area contributed by atoms with Gasteiger partial charge >= 0.3 is 0 Å². The average Bonchev–Trinajstić information content (AvgIpc) is 3.12. The van der Waals surface area contributed by atoms with Gasteiger partial charge in [0.1, 0.15) is 0 Å². The first-order chi connectivity index (χ1) is 12.3. The van der Waals surface area contributed by atoms with Crippen LogP contribution in [-0.2, 0) is 0 Å². The van der Waals surface area contributed by atoms with Gasteiger partial charge in [0.05, 0.1) is 0 Å². The average molecular weight is 340 g/mol. The van der Waals surface area contributed by atoms with Gasteiger partial charge in [-0.05, 0) is 35.0 Å². The van der Waals surface area contributed by atoms with Crippen molar-refractivity contribution in [2.75, 3.05) is 0 Å². The fourth-order valence-electron chi connectivity index (χ4n) is 3.60. The van der Waals surface area contributed by atoms with E-state index in [1.807, 2.05) is 0 Å². The van der Waals surface area contributed by atoms with E-state index >= 15 is 0 Å². The summed E-state index contributed by atoms with van der Waals surface area (Å²) in [4.78, 5) is 0. The summed E-state index contributed by atoms with van der Waals surface area (Å²) < 4.78 is 0. The van der Waals surface area contributed by atoms with Crippen LogP contribution in [0, 0.1) is 0 Å². The van der Waals surface area contributed by atoms with Gasteiger partial charge in [-0.3, -0.25) is 0 Å². The van der Waals surface area contributed by atoms with Gasteiger partial charge in [0.15, 0.2) is 0 Å². The van der Waals surface area contributed by atoms with Crippen LogP contribution < -0.4 is 15.9 Å². The molecule has 0 atom stereocenters. The molecule has 0 unspecified atom stereocenters. The molecule has 0 saturated heterocycles. The Labute approximate surface area is 150 Å². The van der Waals surface area contributed by atoms with Gasteiger partial charge in [-0.1, -0.05) is 115 Å². The molecule has 3 aromatic rings. The number of hydrogen-bond donors (Lipinski definition) is 0. The lowest BCUT2D eigenvalue weighted by molar-refractivity contribution is 1.57. The minimum atomic E-state index is -1.88. The maximum atomic E-state index is 2.36. The zero-order valence-electron chi connectivity index (χ0n) is 14.3. The van der Waals surface area contributed by atoms with Crippen LogP contribution in [0.25, 0.3) is 0 Å². The Morgan fingerprint density at radius 3 is 1.24 bits per heavy atom. The molecule has 25 heavy (non-hydrogen) atoms. The van der Waals surface area contributed by atoms with E-state index in [1.54, 1.807) is 0 Å². The van der Waals surface area contributed by atoms with Crippen molar-refractivity contribution < 1.29 is 0 Å². The minimum absolute atomic E-state index is 1.32. The standard InChI is InChI=1S/C24H21P/c1-20-17-18-24(19-20)25(21-11-5-2-6-12-21,22-13-7-3-8-14-22)23-15-9-4-10-16-23/h2-19H,1H3. The van der Waals surface area contributed by atoms with E-state index in [-0.39, 0.29) is 0 Å². The fraction of sp³-hybridized carbons (Fsp3) is 0.0417. The summed E-state index contributed by atoms with van der Waals surface area (Å²) in [5.74, 6) is 0. The van der Waals surface area contributed by atoms with Crippen molar-refractivity contribution in [1.82, 2.24) is 0 Å². The van der Waals surface area contributed by atoms with Crippen LogP contribution in [0.15, 0.2) is 115 Å². The van der Waals surface area contributed by atoms with E-state index in [0.717, 1.165) is 0 Å². The molecule has 0 heterocycles. The van der Waals surface area contributed by atoms with Gasteiger partial charge in [0, 0.05) is 0 Å². The molecule has 1 aliphatic rings. The van der Waals surface area contributed by atoms with Crippen LogP contribution in [0.3, 0.4) is 0 Å². The van der Waals surface area contributed by atoms with E-state index in [9.17, 15) is 0 Å². The number of hydrogen-bond acceptors (Lipinski definition) is 0. The van der Waals surface area contributed by atoms with Crippen LogP contribution in [0.1, 0.15) is 6.92 Å². The number of rotatable bonds is 3. The summed E-state index contributed by atoms with van der Waals surface area (Å²) in [6, 6.07) is 33.0. The molecule has 0 fully saturated rings. The molecule has 3 aromatic carbocycles. The minimum Gasteiger partial charge on any atom is -0.0622 e. The van der Waals surface area contributed by atoms with Gasteiger partial charge in [0.2, 0.25) is 0 Å². The van der Waals surface area contributed by atoms with Crippen LogP contribution in [0.5, 0.6) is 0 Å². The second-order valence-corrected chi connectivity index (χ2v) is 9.73. The smallest absolute Gasteiger partial charge is 0.0152 e. The van der Waals surface area contributed by atoms with Gasteiger partial charge in [0.25, 0.3) is 0 Å². The van der Waals surface area contributed by atoms with Gasteiger partial charge in [-0.25, -0.2) is 0 Å². The SMILES string of the molecule is CC1=CC(=P(c2ccccc2)(c2ccccc2)c2ccccc2)C=C1. The third-order valence-electron chi connectivity index (χ3n) is 4.71. The molecule has 0 spiro atoms. The normalized spacial score (nSPS) is 13.8. The zero-order valence-corrected chi connectivity index (χ0v) is 15.2. The quantitative estimate of drug-likeness (QED) is 0.608. The van der Waals surface area contributed by atoms with Crippen molar-refractivity contribution in [2.45, 2.75) is 6.92 Å². The van der Waals surface area contributed by atoms with Crippen molar-refractivity contribution in [1.29, 1.82) is 0 Å². The second-order valence-electron chi connectivity index (χ2n) is 6.32. The number of allylic oxidation sites excluding steroid dienone is 4. The predicted molar refractivity (Wildman–Crippen MR) is 113 cm³/mol. The lowest BCUT2D eigenvalue weighted by Crippen LogP contribution is -2.29. The monoisotopic (exact) mass is 340 g/mol. The molecule has 0 radical (unpaired) electrons. The summed E-state index contributed by atoms with van der Waals surface area (Å²) >= 11 is 0. The fourth-order valence-corrected chi connectivity index (χ4v) is 7.95. The largest absolute Gasteiger partial charge is 0.0622 e. The van der Waals surface area contributed by atoms with Crippen LogP contribution in [0.4, 0.5) is 0 Å². The Balaban J connectivity index is 2.21. The molecule has 0 saturated carbocycles. The maximum absolute atomic E-state index is 2.36. The van der Waals surface area contributed by atoms with Crippen molar-refractivity contribution in [3.63, 3.8) is 0 Å². The molecule has 1 heteroatoms. The van der Waals surface area contributed by atoms with Gasteiger partial charge in [-0.2, -0.15) is 0 Å². The molecule has 4 rings (SSSR count). The topological polar surface area (TPSA) is 0 Å². The van der Waals surface area contributed by atoms with Crippen LogP contribution in [0.2, 0.25) is 0 Å². The van der Waals surface area contributed by atoms with Crippen molar-refractivity contribution in [3.05, 3.63) is 115 Å². The highest BCUT2D eigenvalue weighted by Crippen LogP contribution is 2.47. The molecular weight excluding hydrogens is 319 g/mol. The van der Waals surface area contributed by atoms with Gasteiger partial charge in [-0.15, -0.1) is 0 Å². The summed E-state index contributed by atoms with van der Waals surface area (Å²) in [5, 5.41) is 5.63. The van der Waals surface area contributed by atoms with E-state index in [2.05, 4.69) is 116 Å². The molecule has 0 N–H and O–H groups in total. The van der Waals surface area contributed by atoms with E-state index < -0.39 is 6.89 Å². The Morgan fingerprint density at radius 1 is 0.520 bits per heavy atom. The first kappa shape index (κ1) is 15.9. The highest BCUT2D eigenvalue weighted by Gasteiger charge is 2.28. The lowest BCUT2D eigenvalue weighted by Gasteiger charge is -2.30. The molecule has 1 aliphatic carbocycles.